The summed E-state index contributed by atoms with van der Waals surface area (Å²) in [6.45, 7) is 4.60. The molecule has 2 N–H and O–H groups in total. The molecular formula is C9H14N2O4. The van der Waals surface area contributed by atoms with E-state index in [-0.39, 0.29) is 31.3 Å². The summed E-state index contributed by atoms with van der Waals surface area (Å²) in [6.07, 6.45) is 0. The maximum atomic E-state index is 11.6. The molecule has 1 aliphatic heterocycles. The SMILES string of the molecule is C=C(CN1CCN(CCO)C1=O)C(=O)O. The van der Waals surface area contributed by atoms with Gasteiger partial charge in [-0.15, -0.1) is 0 Å². The number of amides is 2. The van der Waals surface area contributed by atoms with Crippen LogP contribution in [0, 0.1) is 0 Å². The van der Waals surface area contributed by atoms with Gasteiger partial charge in [0.25, 0.3) is 0 Å². The quantitative estimate of drug-likeness (QED) is 0.596. The minimum absolute atomic E-state index is 0.00537. The van der Waals surface area contributed by atoms with Crippen molar-refractivity contribution >= 4 is 12.0 Å². The molecule has 6 nitrogen and oxygen atoms in total. The van der Waals surface area contributed by atoms with Crippen molar-refractivity contribution < 1.29 is 19.8 Å². The Morgan fingerprint density at radius 2 is 2.00 bits per heavy atom. The van der Waals surface area contributed by atoms with E-state index in [1.54, 1.807) is 0 Å². The predicted molar refractivity (Wildman–Crippen MR) is 52.4 cm³/mol. The van der Waals surface area contributed by atoms with E-state index < -0.39 is 5.97 Å². The van der Waals surface area contributed by atoms with Gasteiger partial charge in [0, 0.05) is 25.2 Å². The normalized spacial score (nSPS) is 15.9. The van der Waals surface area contributed by atoms with E-state index >= 15 is 0 Å². The van der Waals surface area contributed by atoms with Gasteiger partial charge in [0.1, 0.15) is 0 Å². The molecule has 15 heavy (non-hydrogen) atoms. The van der Waals surface area contributed by atoms with Crippen molar-refractivity contribution in [2.75, 3.05) is 32.8 Å². The average Bonchev–Trinajstić information content (AvgIpc) is 2.50. The zero-order valence-corrected chi connectivity index (χ0v) is 8.35. The van der Waals surface area contributed by atoms with Crippen LogP contribution in [0.4, 0.5) is 4.79 Å². The van der Waals surface area contributed by atoms with Crippen molar-refractivity contribution in [1.29, 1.82) is 0 Å². The van der Waals surface area contributed by atoms with Crippen LogP contribution in [0.2, 0.25) is 0 Å². The number of rotatable bonds is 5. The number of aliphatic carboxylic acids is 1. The highest BCUT2D eigenvalue weighted by atomic mass is 16.4. The Morgan fingerprint density at radius 3 is 2.53 bits per heavy atom. The lowest BCUT2D eigenvalue weighted by Gasteiger charge is -2.17. The van der Waals surface area contributed by atoms with Crippen LogP contribution in [0.5, 0.6) is 0 Å². The number of nitrogens with zero attached hydrogens (tertiary/aromatic N) is 2. The Kier molecular flexibility index (Phi) is 3.68. The van der Waals surface area contributed by atoms with Crippen LogP contribution in [0.3, 0.4) is 0 Å². The monoisotopic (exact) mass is 214 g/mol. The van der Waals surface area contributed by atoms with Crippen molar-refractivity contribution in [2.45, 2.75) is 0 Å². The third-order valence-electron chi connectivity index (χ3n) is 2.23. The Bertz CT molecular complexity index is 290. The first-order chi connectivity index (χ1) is 7.06. The number of aliphatic hydroxyl groups excluding tert-OH is 1. The highest BCUT2D eigenvalue weighted by Gasteiger charge is 2.28. The lowest BCUT2D eigenvalue weighted by atomic mass is 10.3. The van der Waals surface area contributed by atoms with Gasteiger partial charge in [-0.3, -0.25) is 0 Å². The van der Waals surface area contributed by atoms with Gasteiger partial charge in [-0.25, -0.2) is 9.59 Å². The molecule has 0 unspecified atom stereocenters. The molecule has 0 aliphatic carbocycles. The number of carbonyl (C=O) groups is 2. The summed E-state index contributed by atoms with van der Waals surface area (Å²) in [6, 6.07) is -0.244. The van der Waals surface area contributed by atoms with Crippen LogP contribution in [0.15, 0.2) is 12.2 Å². The topological polar surface area (TPSA) is 81.1 Å². The van der Waals surface area contributed by atoms with E-state index in [1.165, 1.54) is 9.80 Å². The maximum absolute atomic E-state index is 11.6. The first kappa shape index (κ1) is 11.5. The van der Waals surface area contributed by atoms with E-state index in [9.17, 15) is 9.59 Å². The first-order valence-corrected chi connectivity index (χ1v) is 4.62. The molecule has 0 aromatic heterocycles. The number of urea groups is 1. The number of aliphatic hydroxyl groups is 1. The molecule has 0 saturated carbocycles. The van der Waals surface area contributed by atoms with Gasteiger partial charge in [-0.1, -0.05) is 6.58 Å². The van der Waals surface area contributed by atoms with E-state index in [0.29, 0.717) is 13.1 Å². The Balaban J connectivity index is 2.49. The Labute approximate surface area is 87.4 Å². The molecule has 1 aliphatic rings. The fourth-order valence-electron chi connectivity index (χ4n) is 1.41. The molecule has 1 rings (SSSR count). The second kappa shape index (κ2) is 4.79. The fourth-order valence-corrected chi connectivity index (χ4v) is 1.41. The number of β-amino-alcohol motifs (C(OH)–C–C–N with tert-alkyl or cyclic N) is 1. The van der Waals surface area contributed by atoms with E-state index in [1.807, 2.05) is 0 Å². The number of hydrogen-bond acceptors (Lipinski definition) is 3. The van der Waals surface area contributed by atoms with Crippen LogP contribution in [-0.2, 0) is 4.79 Å². The van der Waals surface area contributed by atoms with Crippen LogP contribution in [0.1, 0.15) is 0 Å². The zero-order valence-electron chi connectivity index (χ0n) is 8.35. The predicted octanol–water partition coefficient (Wildman–Crippen LogP) is -0.643. The minimum Gasteiger partial charge on any atom is -0.478 e. The van der Waals surface area contributed by atoms with Gasteiger partial charge < -0.3 is 20.0 Å². The van der Waals surface area contributed by atoms with Gasteiger partial charge in [-0.05, 0) is 0 Å². The lowest BCUT2D eigenvalue weighted by Crippen LogP contribution is -2.35. The molecule has 0 aromatic rings. The summed E-state index contributed by atoms with van der Waals surface area (Å²) in [5, 5.41) is 17.3. The Hall–Kier alpha value is -1.56. The summed E-state index contributed by atoms with van der Waals surface area (Å²) in [5.41, 5.74) is -0.00537. The van der Waals surface area contributed by atoms with Gasteiger partial charge >= 0.3 is 12.0 Å². The average molecular weight is 214 g/mol. The van der Waals surface area contributed by atoms with Gasteiger partial charge in [-0.2, -0.15) is 0 Å². The van der Waals surface area contributed by atoms with Gasteiger partial charge in [0.2, 0.25) is 0 Å². The van der Waals surface area contributed by atoms with Crippen molar-refractivity contribution in [2.24, 2.45) is 0 Å². The fraction of sp³-hybridized carbons (Fsp3) is 0.556. The molecule has 0 spiro atoms. The summed E-state index contributed by atoms with van der Waals surface area (Å²) in [4.78, 5) is 25.0. The largest absolute Gasteiger partial charge is 0.478 e. The summed E-state index contributed by atoms with van der Waals surface area (Å²) >= 11 is 0. The second-order valence-electron chi connectivity index (χ2n) is 3.32. The maximum Gasteiger partial charge on any atom is 0.332 e. The van der Waals surface area contributed by atoms with E-state index in [2.05, 4.69) is 6.58 Å². The molecule has 2 amide bonds. The minimum atomic E-state index is -1.09. The molecular weight excluding hydrogens is 200 g/mol. The van der Waals surface area contributed by atoms with Gasteiger partial charge in [0.15, 0.2) is 0 Å². The summed E-state index contributed by atoms with van der Waals surface area (Å²) < 4.78 is 0. The molecule has 0 radical (unpaired) electrons. The van der Waals surface area contributed by atoms with Crippen molar-refractivity contribution in [3.63, 3.8) is 0 Å². The Morgan fingerprint density at radius 1 is 1.40 bits per heavy atom. The summed E-state index contributed by atoms with van der Waals surface area (Å²) in [5.74, 6) is -1.09. The smallest absolute Gasteiger partial charge is 0.332 e. The molecule has 84 valence electrons. The van der Waals surface area contributed by atoms with Crippen LogP contribution < -0.4 is 0 Å². The van der Waals surface area contributed by atoms with Gasteiger partial charge in [0.05, 0.1) is 13.2 Å². The van der Waals surface area contributed by atoms with Crippen molar-refractivity contribution in [1.82, 2.24) is 9.80 Å². The highest BCUT2D eigenvalue weighted by molar-refractivity contribution is 5.87. The number of carboxylic acids is 1. The lowest BCUT2D eigenvalue weighted by molar-refractivity contribution is -0.132. The number of hydrogen-bond donors (Lipinski definition) is 2. The number of carboxylic acid groups (broad SMARTS) is 1. The molecule has 6 heteroatoms. The third kappa shape index (κ3) is 2.69. The van der Waals surface area contributed by atoms with Crippen LogP contribution in [0.25, 0.3) is 0 Å². The highest BCUT2D eigenvalue weighted by Crippen LogP contribution is 2.09. The zero-order chi connectivity index (χ0) is 11.4. The molecule has 0 bridgehead atoms. The van der Waals surface area contributed by atoms with E-state index in [4.69, 9.17) is 10.2 Å². The molecule has 0 atom stereocenters. The molecule has 0 aromatic carbocycles. The molecule has 1 heterocycles. The second-order valence-corrected chi connectivity index (χ2v) is 3.32. The standard InChI is InChI=1S/C9H14N2O4/c1-7(8(13)14)6-11-3-2-10(4-5-12)9(11)15/h12H,1-6H2,(H,13,14). The molecule has 1 saturated heterocycles. The summed E-state index contributed by atoms with van der Waals surface area (Å²) in [7, 11) is 0. The van der Waals surface area contributed by atoms with Crippen molar-refractivity contribution in [3.8, 4) is 0 Å². The van der Waals surface area contributed by atoms with Crippen LogP contribution in [-0.4, -0.2) is 64.8 Å². The number of carbonyl (C=O) groups excluding carboxylic acids is 1. The third-order valence-corrected chi connectivity index (χ3v) is 2.23. The van der Waals surface area contributed by atoms with Crippen molar-refractivity contribution in [3.05, 3.63) is 12.2 Å². The first-order valence-electron chi connectivity index (χ1n) is 4.62. The van der Waals surface area contributed by atoms with E-state index in [0.717, 1.165) is 0 Å². The molecule has 1 fully saturated rings. The van der Waals surface area contributed by atoms with Crippen LogP contribution >= 0.6 is 0 Å².